The molecule has 1 atom stereocenters. The first kappa shape index (κ1) is 21.0. The number of benzene rings is 2. The average Bonchev–Trinajstić information content (AvgIpc) is 2.73. The van der Waals surface area contributed by atoms with Crippen LogP contribution >= 0.6 is 0 Å². The average molecular weight is 397 g/mol. The summed E-state index contributed by atoms with van der Waals surface area (Å²) in [5, 5.41) is 9.34. The van der Waals surface area contributed by atoms with Crippen LogP contribution in [-0.4, -0.2) is 35.0 Å². The standard InChI is InChI=1S/C24H28FNO3/c1-17(10-11-19-6-3-5-9-22(19)25)23(27)26-14-12-18(13-15-26)16-20-7-2-4-8-21(20)24(28)29/h2-9,17-18H,10-16H2,1H3,(H,28,29). The van der Waals surface area contributed by atoms with Crippen molar-refractivity contribution in [2.45, 2.75) is 39.0 Å². The molecule has 0 saturated carbocycles. The number of nitrogens with zero attached hydrogens (tertiary/aromatic N) is 1. The van der Waals surface area contributed by atoms with Crippen LogP contribution in [0.15, 0.2) is 48.5 Å². The minimum absolute atomic E-state index is 0.130. The maximum Gasteiger partial charge on any atom is 0.335 e. The van der Waals surface area contributed by atoms with E-state index in [2.05, 4.69) is 0 Å². The van der Waals surface area contributed by atoms with Gasteiger partial charge in [0.05, 0.1) is 5.56 Å². The van der Waals surface area contributed by atoms with Gasteiger partial charge in [-0.05, 0) is 61.3 Å². The SMILES string of the molecule is CC(CCc1ccccc1F)C(=O)N1CCC(Cc2ccccc2C(=O)O)CC1. The van der Waals surface area contributed by atoms with Crippen LogP contribution in [0.5, 0.6) is 0 Å². The molecule has 2 aromatic rings. The molecule has 29 heavy (non-hydrogen) atoms. The Morgan fingerprint density at radius 3 is 2.34 bits per heavy atom. The third-order valence-corrected chi connectivity index (χ3v) is 5.91. The molecular formula is C24H28FNO3. The summed E-state index contributed by atoms with van der Waals surface area (Å²) >= 11 is 0. The van der Waals surface area contributed by atoms with Crippen molar-refractivity contribution in [1.29, 1.82) is 0 Å². The Morgan fingerprint density at radius 2 is 1.69 bits per heavy atom. The fraction of sp³-hybridized carbons (Fsp3) is 0.417. The lowest BCUT2D eigenvalue weighted by Crippen LogP contribution is -2.41. The number of carboxylic acid groups (broad SMARTS) is 1. The molecule has 0 bridgehead atoms. The lowest BCUT2D eigenvalue weighted by Gasteiger charge is -2.34. The Kier molecular flexibility index (Phi) is 7.02. The highest BCUT2D eigenvalue weighted by Crippen LogP contribution is 2.25. The van der Waals surface area contributed by atoms with Crippen LogP contribution in [0.3, 0.4) is 0 Å². The van der Waals surface area contributed by atoms with Crippen molar-refractivity contribution in [3.05, 3.63) is 71.0 Å². The summed E-state index contributed by atoms with van der Waals surface area (Å²) in [6.07, 6.45) is 3.67. The van der Waals surface area contributed by atoms with Gasteiger partial charge in [-0.3, -0.25) is 4.79 Å². The highest BCUT2D eigenvalue weighted by atomic mass is 19.1. The van der Waals surface area contributed by atoms with Crippen LogP contribution in [0.25, 0.3) is 0 Å². The van der Waals surface area contributed by atoms with Gasteiger partial charge < -0.3 is 10.0 Å². The summed E-state index contributed by atoms with van der Waals surface area (Å²) in [6, 6.07) is 13.9. The first-order chi connectivity index (χ1) is 14.0. The summed E-state index contributed by atoms with van der Waals surface area (Å²) in [5.41, 5.74) is 1.89. The molecule has 4 nitrogen and oxygen atoms in total. The first-order valence-electron chi connectivity index (χ1n) is 10.3. The second-order valence-electron chi connectivity index (χ2n) is 7.97. The predicted molar refractivity (Wildman–Crippen MR) is 110 cm³/mol. The number of hydrogen-bond acceptors (Lipinski definition) is 2. The zero-order chi connectivity index (χ0) is 20.8. The van der Waals surface area contributed by atoms with Crippen molar-refractivity contribution < 1.29 is 19.1 Å². The summed E-state index contributed by atoms with van der Waals surface area (Å²) in [6.45, 7) is 3.31. The van der Waals surface area contributed by atoms with E-state index in [0.29, 0.717) is 43.0 Å². The smallest absolute Gasteiger partial charge is 0.335 e. The molecule has 1 heterocycles. The van der Waals surface area contributed by atoms with Gasteiger partial charge in [0.2, 0.25) is 5.91 Å². The van der Waals surface area contributed by atoms with E-state index >= 15 is 0 Å². The Labute approximate surface area is 171 Å². The van der Waals surface area contributed by atoms with Gasteiger partial charge in [0, 0.05) is 19.0 Å². The number of aromatic carboxylic acids is 1. The van der Waals surface area contributed by atoms with Crippen LogP contribution in [0.1, 0.15) is 47.7 Å². The van der Waals surface area contributed by atoms with Gasteiger partial charge in [-0.2, -0.15) is 0 Å². The van der Waals surface area contributed by atoms with E-state index in [4.69, 9.17) is 0 Å². The van der Waals surface area contributed by atoms with Crippen LogP contribution in [0.2, 0.25) is 0 Å². The lowest BCUT2D eigenvalue weighted by atomic mass is 9.88. The minimum Gasteiger partial charge on any atom is -0.478 e. The molecule has 0 aromatic heterocycles. The first-order valence-corrected chi connectivity index (χ1v) is 10.3. The number of piperidine rings is 1. The van der Waals surface area contributed by atoms with Gasteiger partial charge in [0.15, 0.2) is 0 Å². The van der Waals surface area contributed by atoms with Crippen molar-refractivity contribution in [2.24, 2.45) is 11.8 Å². The fourth-order valence-electron chi connectivity index (χ4n) is 4.08. The van der Waals surface area contributed by atoms with Crippen molar-refractivity contribution in [2.75, 3.05) is 13.1 Å². The van der Waals surface area contributed by atoms with E-state index in [1.54, 1.807) is 24.3 Å². The van der Waals surface area contributed by atoms with E-state index in [9.17, 15) is 19.1 Å². The van der Waals surface area contributed by atoms with E-state index in [0.717, 1.165) is 24.8 Å². The molecule has 1 unspecified atom stereocenters. The Bertz CT molecular complexity index is 859. The van der Waals surface area contributed by atoms with Crippen molar-refractivity contribution in [1.82, 2.24) is 4.90 Å². The molecule has 1 N–H and O–H groups in total. The number of rotatable bonds is 7. The number of carbonyl (C=O) groups excluding carboxylic acids is 1. The monoisotopic (exact) mass is 397 g/mol. The van der Waals surface area contributed by atoms with E-state index < -0.39 is 5.97 Å². The number of aryl methyl sites for hydroxylation is 1. The number of carbonyl (C=O) groups is 2. The van der Waals surface area contributed by atoms with Crippen LogP contribution < -0.4 is 0 Å². The lowest BCUT2D eigenvalue weighted by molar-refractivity contribution is -0.136. The highest BCUT2D eigenvalue weighted by molar-refractivity contribution is 5.89. The second kappa shape index (κ2) is 9.68. The number of halogens is 1. The molecule has 0 radical (unpaired) electrons. The van der Waals surface area contributed by atoms with E-state index in [1.807, 2.05) is 30.0 Å². The van der Waals surface area contributed by atoms with Gasteiger partial charge in [-0.25, -0.2) is 9.18 Å². The third kappa shape index (κ3) is 5.43. The Hall–Kier alpha value is -2.69. The Morgan fingerprint density at radius 1 is 1.07 bits per heavy atom. The summed E-state index contributed by atoms with van der Waals surface area (Å²) in [4.78, 5) is 26.1. The second-order valence-corrected chi connectivity index (χ2v) is 7.97. The van der Waals surface area contributed by atoms with Crippen molar-refractivity contribution in [3.8, 4) is 0 Å². The number of carboxylic acids is 1. The fourth-order valence-corrected chi connectivity index (χ4v) is 4.08. The topological polar surface area (TPSA) is 57.6 Å². The third-order valence-electron chi connectivity index (χ3n) is 5.91. The van der Waals surface area contributed by atoms with Gasteiger partial charge in [0.1, 0.15) is 5.82 Å². The molecule has 1 fully saturated rings. The molecule has 154 valence electrons. The van der Waals surface area contributed by atoms with Gasteiger partial charge in [-0.1, -0.05) is 43.3 Å². The Balaban J connectivity index is 1.49. The normalized spacial score (nSPS) is 15.9. The summed E-state index contributed by atoms with van der Waals surface area (Å²) in [7, 11) is 0. The van der Waals surface area contributed by atoms with Crippen molar-refractivity contribution in [3.63, 3.8) is 0 Å². The molecule has 1 amide bonds. The van der Waals surface area contributed by atoms with Crippen LogP contribution in [0.4, 0.5) is 4.39 Å². The van der Waals surface area contributed by atoms with Crippen LogP contribution in [0, 0.1) is 17.7 Å². The van der Waals surface area contributed by atoms with Gasteiger partial charge >= 0.3 is 5.97 Å². The summed E-state index contributed by atoms with van der Waals surface area (Å²) in [5.74, 6) is -0.732. The predicted octanol–water partition coefficient (Wildman–Crippen LogP) is 4.57. The zero-order valence-corrected chi connectivity index (χ0v) is 16.8. The van der Waals surface area contributed by atoms with Gasteiger partial charge in [0.25, 0.3) is 0 Å². The van der Waals surface area contributed by atoms with E-state index in [1.165, 1.54) is 6.07 Å². The molecule has 1 saturated heterocycles. The number of amides is 1. The number of hydrogen-bond donors (Lipinski definition) is 1. The van der Waals surface area contributed by atoms with Gasteiger partial charge in [-0.15, -0.1) is 0 Å². The molecule has 1 aliphatic heterocycles. The summed E-state index contributed by atoms with van der Waals surface area (Å²) < 4.78 is 13.8. The molecular weight excluding hydrogens is 369 g/mol. The highest BCUT2D eigenvalue weighted by Gasteiger charge is 2.26. The maximum atomic E-state index is 13.8. The van der Waals surface area contributed by atoms with E-state index in [-0.39, 0.29) is 17.6 Å². The molecule has 5 heteroatoms. The molecule has 0 spiro atoms. The minimum atomic E-state index is -0.892. The molecule has 3 rings (SSSR count). The largest absolute Gasteiger partial charge is 0.478 e. The molecule has 2 aromatic carbocycles. The van der Waals surface area contributed by atoms with Crippen molar-refractivity contribution >= 4 is 11.9 Å². The maximum absolute atomic E-state index is 13.8. The molecule has 1 aliphatic rings. The quantitative estimate of drug-likeness (QED) is 0.744. The zero-order valence-electron chi connectivity index (χ0n) is 16.8. The van der Waals surface area contributed by atoms with Crippen LogP contribution in [-0.2, 0) is 17.6 Å². The number of likely N-dealkylation sites (tertiary alicyclic amines) is 1. The molecule has 0 aliphatic carbocycles.